The number of carbonyl (C=O) groups excluding carboxylic acids is 1. The highest BCUT2D eigenvalue weighted by molar-refractivity contribution is 6.30. The van der Waals surface area contributed by atoms with Crippen LogP contribution in [0.5, 0.6) is 0 Å². The number of hydrogen-bond acceptors (Lipinski definition) is 4. The molecule has 156 valence electrons. The molecule has 0 saturated carbocycles. The molecule has 0 bridgehead atoms. The number of aliphatic imine (C=N–C) groups is 1. The Balaban J connectivity index is 1.51. The highest BCUT2D eigenvalue weighted by Crippen LogP contribution is 2.31. The summed E-state index contributed by atoms with van der Waals surface area (Å²) in [7, 11) is 0. The first kappa shape index (κ1) is 20.7. The van der Waals surface area contributed by atoms with E-state index in [0.29, 0.717) is 17.3 Å². The van der Waals surface area contributed by atoms with Crippen LogP contribution in [0.4, 0.5) is 4.39 Å². The molecule has 0 spiro atoms. The third-order valence-electron chi connectivity index (χ3n) is 5.30. The zero-order chi connectivity index (χ0) is 20.9. The molecular weight excluding hydrogens is 405 g/mol. The highest BCUT2D eigenvalue weighted by atomic mass is 35.5. The normalized spacial score (nSPS) is 17.2. The van der Waals surface area contributed by atoms with Gasteiger partial charge in [-0.15, -0.1) is 0 Å². The van der Waals surface area contributed by atoms with Gasteiger partial charge in [-0.1, -0.05) is 35.9 Å². The Hall–Kier alpha value is -2.54. The van der Waals surface area contributed by atoms with Crippen molar-refractivity contribution < 1.29 is 13.9 Å². The van der Waals surface area contributed by atoms with Crippen molar-refractivity contribution in [3.8, 4) is 0 Å². The van der Waals surface area contributed by atoms with Crippen LogP contribution in [0.15, 0.2) is 59.2 Å². The van der Waals surface area contributed by atoms with E-state index in [9.17, 15) is 9.18 Å². The lowest BCUT2D eigenvalue weighted by atomic mass is 10.0. The second-order valence-electron chi connectivity index (χ2n) is 7.31. The number of nitrogens with zero attached hydrogens (tertiary/aromatic N) is 2. The average molecular weight is 428 g/mol. The van der Waals surface area contributed by atoms with Crippen molar-refractivity contribution in [1.82, 2.24) is 10.2 Å². The molecule has 2 aliphatic heterocycles. The molecule has 30 heavy (non-hydrogen) atoms. The molecule has 1 saturated heterocycles. The van der Waals surface area contributed by atoms with Gasteiger partial charge in [0.1, 0.15) is 11.7 Å². The average Bonchev–Trinajstić information content (AvgIpc) is 3.16. The Morgan fingerprint density at radius 1 is 1.13 bits per heavy atom. The van der Waals surface area contributed by atoms with Crippen molar-refractivity contribution >= 4 is 28.9 Å². The van der Waals surface area contributed by atoms with Crippen LogP contribution in [0.1, 0.15) is 28.8 Å². The molecule has 1 N–H and O–H groups in total. The third-order valence-corrected chi connectivity index (χ3v) is 5.55. The standard InChI is InChI=1S/C23H23ClFN3O2/c24-17-7-5-16(6-8-17)19-15-22(27-23(29)18-3-1-2-4-20(18)25)26-21(19)9-10-28-11-13-30-14-12-28/h1-8H,9-15H2,(H,26,27,29). The summed E-state index contributed by atoms with van der Waals surface area (Å²) in [6.07, 6.45) is 1.25. The Morgan fingerprint density at radius 2 is 1.87 bits per heavy atom. The number of morpholine rings is 1. The molecule has 0 unspecified atom stereocenters. The van der Waals surface area contributed by atoms with Gasteiger partial charge in [0.05, 0.1) is 18.8 Å². The lowest BCUT2D eigenvalue weighted by Gasteiger charge is -2.26. The fourth-order valence-electron chi connectivity index (χ4n) is 3.67. The van der Waals surface area contributed by atoms with Gasteiger partial charge in [-0.25, -0.2) is 9.38 Å². The molecule has 0 radical (unpaired) electrons. The molecule has 0 atom stereocenters. The number of ether oxygens (including phenoxy) is 1. The predicted molar refractivity (Wildman–Crippen MR) is 116 cm³/mol. The quantitative estimate of drug-likeness (QED) is 0.780. The van der Waals surface area contributed by atoms with Gasteiger partial charge in [0.25, 0.3) is 5.91 Å². The zero-order valence-electron chi connectivity index (χ0n) is 16.5. The summed E-state index contributed by atoms with van der Waals surface area (Å²) in [5, 5.41) is 3.45. The maximum atomic E-state index is 14.0. The van der Waals surface area contributed by atoms with E-state index in [2.05, 4.69) is 10.2 Å². The molecule has 2 aromatic carbocycles. The molecule has 7 heteroatoms. The second-order valence-corrected chi connectivity index (χ2v) is 7.74. The maximum Gasteiger partial charge on any atom is 0.259 e. The monoisotopic (exact) mass is 427 g/mol. The number of benzene rings is 2. The van der Waals surface area contributed by atoms with Crippen LogP contribution in [0, 0.1) is 5.82 Å². The van der Waals surface area contributed by atoms with Crippen molar-refractivity contribution in [3.63, 3.8) is 0 Å². The van der Waals surface area contributed by atoms with Crippen LogP contribution in [0.25, 0.3) is 5.57 Å². The van der Waals surface area contributed by atoms with E-state index in [1.165, 1.54) is 12.1 Å². The van der Waals surface area contributed by atoms with E-state index < -0.39 is 11.7 Å². The maximum absolute atomic E-state index is 14.0. The minimum atomic E-state index is -0.549. The van der Waals surface area contributed by atoms with Crippen LogP contribution in [0.2, 0.25) is 5.02 Å². The van der Waals surface area contributed by atoms with Crippen molar-refractivity contribution in [2.24, 2.45) is 4.99 Å². The van der Waals surface area contributed by atoms with Crippen LogP contribution in [0.3, 0.4) is 0 Å². The van der Waals surface area contributed by atoms with Gasteiger partial charge in [-0.3, -0.25) is 9.69 Å². The highest BCUT2D eigenvalue weighted by Gasteiger charge is 2.23. The third kappa shape index (κ3) is 4.95. The van der Waals surface area contributed by atoms with E-state index in [1.54, 1.807) is 12.1 Å². The Morgan fingerprint density at radius 3 is 2.60 bits per heavy atom. The van der Waals surface area contributed by atoms with Gasteiger partial charge >= 0.3 is 0 Å². The van der Waals surface area contributed by atoms with E-state index in [4.69, 9.17) is 21.3 Å². The van der Waals surface area contributed by atoms with E-state index >= 15 is 0 Å². The van der Waals surface area contributed by atoms with Gasteiger partial charge in [0.15, 0.2) is 0 Å². The number of amidine groups is 1. The Kier molecular flexibility index (Phi) is 6.57. The number of nitrogens with one attached hydrogen (secondary N) is 1. The summed E-state index contributed by atoms with van der Waals surface area (Å²) >= 11 is 6.04. The molecule has 0 aromatic heterocycles. The number of rotatable bonds is 5. The molecular formula is C23H23ClFN3O2. The van der Waals surface area contributed by atoms with Crippen molar-refractivity contribution in [2.75, 3.05) is 32.8 Å². The minimum Gasteiger partial charge on any atom is -0.379 e. The van der Waals surface area contributed by atoms with Crippen molar-refractivity contribution in [3.05, 3.63) is 76.2 Å². The first-order valence-electron chi connectivity index (χ1n) is 10.0. The largest absolute Gasteiger partial charge is 0.379 e. The molecule has 2 aromatic rings. The number of carbonyl (C=O) groups is 1. The summed E-state index contributed by atoms with van der Waals surface area (Å²) in [5.41, 5.74) is 3.03. The fourth-order valence-corrected chi connectivity index (χ4v) is 3.80. The zero-order valence-corrected chi connectivity index (χ0v) is 17.3. The van der Waals surface area contributed by atoms with Crippen LogP contribution in [-0.4, -0.2) is 49.5 Å². The molecule has 5 nitrogen and oxygen atoms in total. The SMILES string of the molecule is O=C(NC1=NC(CCN2CCOCC2)=C(c2ccc(Cl)cc2)C1)c1ccccc1F. The van der Waals surface area contributed by atoms with Gasteiger partial charge in [-0.05, 0) is 35.4 Å². The molecule has 0 aliphatic carbocycles. The van der Waals surface area contributed by atoms with E-state index in [1.807, 2.05) is 24.3 Å². The van der Waals surface area contributed by atoms with Crippen molar-refractivity contribution in [1.29, 1.82) is 0 Å². The van der Waals surface area contributed by atoms with Crippen LogP contribution < -0.4 is 5.32 Å². The van der Waals surface area contributed by atoms with Crippen molar-refractivity contribution in [2.45, 2.75) is 12.8 Å². The Labute approximate surface area is 180 Å². The van der Waals surface area contributed by atoms with Crippen LogP contribution in [-0.2, 0) is 4.74 Å². The minimum absolute atomic E-state index is 0.00927. The van der Waals surface area contributed by atoms with Gasteiger partial charge < -0.3 is 10.1 Å². The first-order valence-corrected chi connectivity index (χ1v) is 10.4. The molecule has 2 aliphatic rings. The summed E-state index contributed by atoms with van der Waals surface area (Å²) in [4.78, 5) is 19.6. The topological polar surface area (TPSA) is 53.9 Å². The molecule has 1 fully saturated rings. The number of amides is 1. The van der Waals surface area contributed by atoms with E-state index in [0.717, 1.165) is 56.1 Å². The fraction of sp³-hybridized carbons (Fsp3) is 0.304. The smallest absolute Gasteiger partial charge is 0.259 e. The summed E-state index contributed by atoms with van der Waals surface area (Å²) in [5.74, 6) is -0.506. The van der Waals surface area contributed by atoms with Gasteiger partial charge in [0.2, 0.25) is 0 Å². The number of halogens is 2. The second kappa shape index (κ2) is 9.51. The lowest BCUT2D eigenvalue weighted by molar-refractivity contribution is 0.0384. The molecule has 2 heterocycles. The summed E-state index contributed by atoms with van der Waals surface area (Å²) in [6, 6.07) is 13.6. The molecule has 1 amide bonds. The lowest BCUT2D eigenvalue weighted by Crippen LogP contribution is -2.36. The van der Waals surface area contributed by atoms with Gasteiger partial charge in [-0.2, -0.15) is 0 Å². The summed E-state index contributed by atoms with van der Waals surface area (Å²) < 4.78 is 19.4. The number of hydrogen-bond donors (Lipinski definition) is 1. The molecule has 4 rings (SSSR count). The first-order chi connectivity index (χ1) is 14.6. The van der Waals surface area contributed by atoms with Gasteiger partial charge in [0, 0.05) is 43.2 Å². The van der Waals surface area contributed by atoms with E-state index in [-0.39, 0.29) is 5.56 Å². The predicted octanol–water partition coefficient (Wildman–Crippen LogP) is 4.14. The van der Waals surface area contributed by atoms with Crippen LogP contribution >= 0.6 is 11.6 Å². The summed E-state index contributed by atoms with van der Waals surface area (Å²) in [6.45, 7) is 4.18. The Bertz CT molecular complexity index is 982.